The Morgan fingerprint density at radius 1 is 1.35 bits per heavy atom. The number of allylic oxidation sites excluding steroid dienone is 5. The highest BCUT2D eigenvalue weighted by molar-refractivity contribution is 5.64. The standard InChI is InChI=1S/C12H17N3.C2H6/c1-5-7-11(8-6-2)15-12(13)9(3)10(4)14-15;1-2/h5-8H,1,13H2,2-4H3;1-2H3/b8-6-,11-7+;. The summed E-state index contributed by atoms with van der Waals surface area (Å²) in [7, 11) is 0. The molecule has 0 radical (unpaired) electrons. The Kier molecular flexibility index (Phi) is 6.71. The number of hydrogen-bond acceptors (Lipinski definition) is 2. The molecule has 0 amide bonds. The van der Waals surface area contributed by atoms with Crippen LogP contribution in [0.1, 0.15) is 32.0 Å². The van der Waals surface area contributed by atoms with Gasteiger partial charge in [0.25, 0.3) is 0 Å². The third kappa shape index (κ3) is 3.63. The van der Waals surface area contributed by atoms with Gasteiger partial charge in [0.05, 0.1) is 11.4 Å². The fraction of sp³-hybridized carbons (Fsp3) is 0.357. The quantitative estimate of drug-likeness (QED) is 0.809. The zero-order valence-electron chi connectivity index (χ0n) is 11.5. The van der Waals surface area contributed by atoms with E-state index >= 15 is 0 Å². The molecule has 0 aliphatic rings. The molecule has 0 spiro atoms. The average molecular weight is 233 g/mol. The van der Waals surface area contributed by atoms with Gasteiger partial charge in [-0.1, -0.05) is 32.6 Å². The molecule has 3 nitrogen and oxygen atoms in total. The van der Waals surface area contributed by atoms with E-state index in [1.807, 2.05) is 52.8 Å². The Labute approximate surface area is 104 Å². The van der Waals surface area contributed by atoms with Crippen LogP contribution in [-0.2, 0) is 0 Å². The number of rotatable bonds is 3. The van der Waals surface area contributed by atoms with Crippen LogP contribution in [0.4, 0.5) is 5.82 Å². The molecule has 1 aromatic rings. The minimum Gasteiger partial charge on any atom is -0.383 e. The number of nitrogens with two attached hydrogens (primary N) is 1. The van der Waals surface area contributed by atoms with Gasteiger partial charge >= 0.3 is 0 Å². The molecule has 0 bridgehead atoms. The molecule has 3 heteroatoms. The lowest BCUT2D eigenvalue weighted by atomic mass is 10.3. The molecule has 0 saturated heterocycles. The zero-order chi connectivity index (χ0) is 13.4. The van der Waals surface area contributed by atoms with Gasteiger partial charge in [-0.2, -0.15) is 5.10 Å². The average Bonchev–Trinajstić information content (AvgIpc) is 2.59. The molecular weight excluding hydrogens is 210 g/mol. The molecule has 1 rings (SSSR count). The molecule has 1 heterocycles. The second-order valence-corrected chi connectivity index (χ2v) is 3.33. The van der Waals surface area contributed by atoms with Crippen molar-refractivity contribution in [2.75, 3.05) is 5.73 Å². The first kappa shape index (κ1) is 15.2. The van der Waals surface area contributed by atoms with Gasteiger partial charge in [-0.25, -0.2) is 4.68 Å². The van der Waals surface area contributed by atoms with Gasteiger partial charge in [0, 0.05) is 5.56 Å². The van der Waals surface area contributed by atoms with Crippen molar-refractivity contribution in [2.24, 2.45) is 0 Å². The summed E-state index contributed by atoms with van der Waals surface area (Å²) in [6.45, 7) is 13.5. The van der Waals surface area contributed by atoms with E-state index in [9.17, 15) is 0 Å². The third-order valence-electron chi connectivity index (χ3n) is 2.28. The predicted octanol–water partition coefficient (Wildman–Crippen LogP) is 3.71. The Hall–Kier alpha value is -1.77. The highest BCUT2D eigenvalue weighted by Crippen LogP contribution is 2.19. The van der Waals surface area contributed by atoms with Crippen LogP contribution in [0.2, 0.25) is 0 Å². The smallest absolute Gasteiger partial charge is 0.130 e. The SMILES string of the molecule is C=C/C=C(\C=C/C)n1nc(C)c(C)c1N.CC. The summed E-state index contributed by atoms with van der Waals surface area (Å²) in [5.74, 6) is 0.679. The van der Waals surface area contributed by atoms with Gasteiger partial charge in [0.15, 0.2) is 0 Å². The molecule has 0 unspecified atom stereocenters. The van der Waals surface area contributed by atoms with E-state index < -0.39 is 0 Å². The van der Waals surface area contributed by atoms with Crippen LogP contribution in [0.15, 0.2) is 30.9 Å². The third-order valence-corrected chi connectivity index (χ3v) is 2.28. The van der Waals surface area contributed by atoms with E-state index in [0.29, 0.717) is 5.82 Å². The molecular formula is C14H23N3. The van der Waals surface area contributed by atoms with Crippen molar-refractivity contribution < 1.29 is 0 Å². The largest absolute Gasteiger partial charge is 0.383 e. The topological polar surface area (TPSA) is 43.8 Å². The summed E-state index contributed by atoms with van der Waals surface area (Å²) in [6, 6.07) is 0. The monoisotopic (exact) mass is 233 g/mol. The molecule has 0 fully saturated rings. The van der Waals surface area contributed by atoms with Crippen molar-refractivity contribution in [3.05, 3.63) is 42.1 Å². The van der Waals surface area contributed by atoms with Crippen molar-refractivity contribution in [1.29, 1.82) is 0 Å². The molecule has 17 heavy (non-hydrogen) atoms. The van der Waals surface area contributed by atoms with E-state index in [2.05, 4.69) is 11.7 Å². The van der Waals surface area contributed by atoms with Gasteiger partial charge in [0.2, 0.25) is 0 Å². The summed E-state index contributed by atoms with van der Waals surface area (Å²) in [5, 5.41) is 4.37. The van der Waals surface area contributed by atoms with E-state index in [-0.39, 0.29) is 0 Å². The fourth-order valence-corrected chi connectivity index (χ4v) is 1.31. The predicted molar refractivity (Wildman–Crippen MR) is 76.7 cm³/mol. The van der Waals surface area contributed by atoms with Crippen molar-refractivity contribution in [3.8, 4) is 0 Å². The Bertz CT molecular complexity index is 423. The van der Waals surface area contributed by atoms with Gasteiger partial charge in [-0.3, -0.25) is 0 Å². The second-order valence-electron chi connectivity index (χ2n) is 3.33. The van der Waals surface area contributed by atoms with E-state index in [4.69, 9.17) is 5.73 Å². The molecule has 0 aromatic carbocycles. The maximum Gasteiger partial charge on any atom is 0.130 e. The Morgan fingerprint density at radius 2 is 1.94 bits per heavy atom. The normalized spacial score (nSPS) is 11.2. The van der Waals surface area contributed by atoms with Crippen molar-refractivity contribution >= 4 is 11.5 Å². The van der Waals surface area contributed by atoms with Crippen molar-refractivity contribution in [3.63, 3.8) is 0 Å². The van der Waals surface area contributed by atoms with Crippen LogP contribution < -0.4 is 5.73 Å². The lowest BCUT2D eigenvalue weighted by molar-refractivity contribution is 0.898. The van der Waals surface area contributed by atoms with Crippen molar-refractivity contribution in [1.82, 2.24) is 9.78 Å². The van der Waals surface area contributed by atoms with Crippen LogP contribution in [0.3, 0.4) is 0 Å². The molecule has 0 aliphatic carbocycles. The van der Waals surface area contributed by atoms with Gasteiger partial charge in [-0.05, 0) is 32.9 Å². The number of hydrogen-bond donors (Lipinski definition) is 1. The first-order chi connectivity index (χ1) is 8.11. The zero-order valence-corrected chi connectivity index (χ0v) is 11.5. The summed E-state index contributed by atoms with van der Waals surface area (Å²) in [5.41, 5.74) is 8.85. The summed E-state index contributed by atoms with van der Waals surface area (Å²) in [4.78, 5) is 0. The van der Waals surface area contributed by atoms with E-state index in [1.54, 1.807) is 10.8 Å². The molecule has 2 N–H and O–H groups in total. The lowest BCUT2D eigenvalue weighted by Gasteiger charge is -2.04. The maximum atomic E-state index is 5.96. The van der Waals surface area contributed by atoms with Crippen LogP contribution in [0, 0.1) is 13.8 Å². The van der Waals surface area contributed by atoms with E-state index in [1.165, 1.54) is 0 Å². The number of nitrogen functional groups attached to an aromatic ring is 1. The summed E-state index contributed by atoms with van der Waals surface area (Å²) < 4.78 is 1.73. The lowest BCUT2D eigenvalue weighted by Crippen LogP contribution is -2.02. The van der Waals surface area contributed by atoms with Gasteiger partial charge < -0.3 is 5.73 Å². The van der Waals surface area contributed by atoms with Crippen LogP contribution >= 0.6 is 0 Å². The van der Waals surface area contributed by atoms with Gasteiger partial charge in [0.1, 0.15) is 5.82 Å². The fourth-order valence-electron chi connectivity index (χ4n) is 1.31. The molecule has 0 aliphatic heterocycles. The van der Waals surface area contributed by atoms with Crippen LogP contribution in [0.5, 0.6) is 0 Å². The van der Waals surface area contributed by atoms with Crippen molar-refractivity contribution in [2.45, 2.75) is 34.6 Å². The summed E-state index contributed by atoms with van der Waals surface area (Å²) >= 11 is 0. The number of aromatic nitrogens is 2. The molecule has 0 atom stereocenters. The van der Waals surface area contributed by atoms with E-state index in [0.717, 1.165) is 17.0 Å². The Balaban J connectivity index is 0.00000121. The first-order valence-corrected chi connectivity index (χ1v) is 5.89. The second kappa shape index (κ2) is 7.49. The maximum absolute atomic E-state index is 5.96. The van der Waals surface area contributed by atoms with Gasteiger partial charge in [-0.15, -0.1) is 0 Å². The number of aryl methyl sites for hydroxylation is 1. The number of anilines is 1. The molecule has 94 valence electrons. The highest BCUT2D eigenvalue weighted by Gasteiger charge is 2.09. The summed E-state index contributed by atoms with van der Waals surface area (Å²) in [6.07, 6.45) is 7.49. The minimum absolute atomic E-state index is 0.679. The highest BCUT2D eigenvalue weighted by atomic mass is 15.3. The molecule has 1 aromatic heterocycles. The van der Waals surface area contributed by atoms with Crippen LogP contribution in [0.25, 0.3) is 5.70 Å². The molecule has 0 saturated carbocycles. The van der Waals surface area contributed by atoms with Crippen LogP contribution in [-0.4, -0.2) is 9.78 Å². The minimum atomic E-state index is 0.679. The number of nitrogens with zero attached hydrogens (tertiary/aromatic N) is 2. The first-order valence-electron chi connectivity index (χ1n) is 5.89. The Morgan fingerprint density at radius 3 is 2.29 bits per heavy atom.